The standard InChI is InChI=1S/C13H18N2O3S/c1-3-9(4-2)8-19(16,17)13-15-11-7-10(14)5-6-12(11)18-13/h5-7,9H,3-4,8,14H2,1-2H3. The fourth-order valence-electron chi connectivity index (χ4n) is 1.96. The molecule has 0 aliphatic carbocycles. The van der Waals surface area contributed by atoms with E-state index >= 15 is 0 Å². The highest BCUT2D eigenvalue weighted by Gasteiger charge is 2.25. The van der Waals surface area contributed by atoms with Crippen LogP contribution in [0, 0.1) is 5.92 Å². The quantitative estimate of drug-likeness (QED) is 0.852. The van der Waals surface area contributed by atoms with E-state index in [0.717, 1.165) is 12.8 Å². The minimum absolute atomic E-state index is 0.0717. The summed E-state index contributed by atoms with van der Waals surface area (Å²) in [5, 5.41) is -0.208. The summed E-state index contributed by atoms with van der Waals surface area (Å²) in [6, 6.07) is 4.90. The molecule has 19 heavy (non-hydrogen) atoms. The van der Waals surface area contributed by atoms with Crippen molar-refractivity contribution in [1.82, 2.24) is 4.98 Å². The first-order valence-corrected chi connectivity index (χ1v) is 8.00. The van der Waals surface area contributed by atoms with Crippen molar-refractivity contribution in [3.63, 3.8) is 0 Å². The average Bonchev–Trinajstić information content (AvgIpc) is 2.79. The van der Waals surface area contributed by atoms with Crippen molar-refractivity contribution in [2.24, 2.45) is 5.92 Å². The van der Waals surface area contributed by atoms with E-state index in [1.165, 1.54) is 0 Å². The van der Waals surface area contributed by atoms with E-state index in [1.54, 1.807) is 18.2 Å². The molecule has 1 aromatic heterocycles. The van der Waals surface area contributed by atoms with Crippen LogP contribution in [0.5, 0.6) is 0 Å². The number of benzene rings is 1. The molecule has 0 radical (unpaired) electrons. The second kappa shape index (κ2) is 5.21. The lowest BCUT2D eigenvalue weighted by Gasteiger charge is -2.09. The Labute approximate surface area is 112 Å². The van der Waals surface area contributed by atoms with Gasteiger partial charge in [-0.1, -0.05) is 26.7 Å². The highest BCUT2D eigenvalue weighted by molar-refractivity contribution is 7.91. The van der Waals surface area contributed by atoms with E-state index in [4.69, 9.17) is 10.2 Å². The Kier molecular flexibility index (Phi) is 3.80. The summed E-state index contributed by atoms with van der Waals surface area (Å²) in [5.41, 5.74) is 7.08. The second-order valence-corrected chi connectivity index (χ2v) is 6.58. The summed E-state index contributed by atoms with van der Waals surface area (Å²) >= 11 is 0. The molecule has 5 nitrogen and oxygen atoms in total. The molecule has 0 aliphatic rings. The zero-order chi connectivity index (χ0) is 14.0. The Morgan fingerprint density at radius 2 is 2.00 bits per heavy atom. The lowest BCUT2D eigenvalue weighted by molar-refractivity contribution is 0.448. The van der Waals surface area contributed by atoms with Crippen molar-refractivity contribution < 1.29 is 12.8 Å². The maximum Gasteiger partial charge on any atom is 0.316 e. The van der Waals surface area contributed by atoms with Gasteiger partial charge in [-0.3, -0.25) is 0 Å². The summed E-state index contributed by atoms with van der Waals surface area (Å²) in [5.74, 6) is 0.201. The van der Waals surface area contributed by atoms with Crippen molar-refractivity contribution in [2.75, 3.05) is 11.5 Å². The summed E-state index contributed by atoms with van der Waals surface area (Å²) in [7, 11) is -3.48. The summed E-state index contributed by atoms with van der Waals surface area (Å²) in [6.45, 7) is 3.97. The van der Waals surface area contributed by atoms with Crippen LogP contribution in [-0.4, -0.2) is 19.2 Å². The predicted octanol–water partition coefficient (Wildman–Crippen LogP) is 2.62. The third kappa shape index (κ3) is 2.89. The highest BCUT2D eigenvalue weighted by Crippen LogP contribution is 2.23. The van der Waals surface area contributed by atoms with Crippen LogP contribution >= 0.6 is 0 Å². The van der Waals surface area contributed by atoms with Gasteiger partial charge >= 0.3 is 5.22 Å². The van der Waals surface area contributed by atoms with E-state index in [0.29, 0.717) is 16.8 Å². The number of rotatable bonds is 5. The number of hydrogen-bond acceptors (Lipinski definition) is 5. The lowest BCUT2D eigenvalue weighted by atomic mass is 10.1. The number of nitrogens with two attached hydrogens (primary N) is 1. The van der Waals surface area contributed by atoms with Crippen LogP contribution < -0.4 is 5.73 Å². The number of oxazole rings is 1. The van der Waals surface area contributed by atoms with Gasteiger partial charge in [-0.15, -0.1) is 0 Å². The minimum atomic E-state index is -3.48. The van der Waals surface area contributed by atoms with Gasteiger partial charge in [0.1, 0.15) is 5.52 Å². The Bertz CT molecular complexity index is 672. The zero-order valence-electron chi connectivity index (χ0n) is 11.1. The average molecular weight is 282 g/mol. The predicted molar refractivity (Wildman–Crippen MR) is 74.5 cm³/mol. The highest BCUT2D eigenvalue weighted by atomic mass is 32.2. The van der Waals surface area contributed by atoms with Gasteiger partial charge < -0.3 is 10.2 Å². The topological polar surface area (TPSA) is 86.2 Å². The van der Waals surface area contributed by atoms with Crippen LogP contribution in [-0.2, 0) is 9.84 Å². The minimum Gasteiger partial charge on any atom is -0.428 e. The van der Waals surface area contributed by atoms with Crippen LogP contribution in [0.3, 0.4) is 0 Å². The Morgan fingerprint density at radius 3 is 2.63 bits per heavy atom. The van der Waals surface area contributed by atoms with Gasteiger partial charge in [0.2, 0.25) is 9.84 Å². The first-order valence-electron chi connectivity index (χ1n) is 6.35. The van der Waals surface area contributed by atoms with Gasteiger partial charge in [0.05, 0.1) is 5.75 Å². The van der Waals surface area contributed by atoms with Gasteiger partial charge in [-0.2, -0.15) is 4.98 Å². The fraction of sp³-hybridized carbons (Fsp3) is 0.462. The number of nitrogen functional groups attached to an aromatic ring is 1. The number of nitrogens with zero attached hydrogens (tertiary/aromatic N) is 1. The van der Waals surface area contributed by atoms with E-state index in [-0.39, 0.29) is 16.9 Å². The van der Waals surface area contributed by atoms with Gasteiger partial charge in [-0.25, -0.2) is 8.42 Å². The van der Waals surface area contributed by atoms with Crippen LogP contribution in [0.25, 0.3) is 11.1 Å². The van der Waals surface area contributed by atoms with E-state index in [9.17, 15) is 8.42 Å². The molecule has 104 valence electrons. The van der Waals surface area contributed by atoms with Crippen LogP contribution in [0.4, 0.5) is 5.69 Å². The van der Waals surface area contributed by atoms with Crippen molar-refractivity contribution in [2.45, 2.75) is 31.9 Å². The molecule has 0 amide bonds. The molecular weight excluding hydrogens is 264 g/mol. The van der Waals surface area contributed by atoms with Crippen molar-refractivity contribution >= 4 is 26.6 Å². The number of hydrogen-bond donors (Lipinski definition) is 1. The lowest BCUT2D eigenvalue weighted by Crippen LogP contribution is -2.15. The van der Waals surface area contributed by atoms with E-state index in [2.05, 4.69) is 4.98 Å². The molecule has 0 atom stereocenters. The van der Waals surface area contributed by atoms with Gasteiger partial charge in [-0.05, 0) is 24.1 Å². The van der Waals surface area contributed by atoms with Gasteiger partial charge in [0, 0.05) is 5.69 Å². The Balaban J connectivity index is 2.37. The first-order chi connectivity index (χ1) is 8.96. The van der Waals surface area contributed by atoms with Gasteiger partial charge in [0.25, 0.3) is 0 Å². The van der Waals surface area contributed by atoms with Crippen LogP contribution in [0.2, 0.25) is 0 Å². The first kappa shape index (κ1) is 13.9. The fourth-order valence-corrected chi connectivity index (χ4v) is 3.65. The summed E-state index contributed by atoms with van der Waals surface area (Å²) in [4.78, 5) is 4.03. The number of fused-ring (bicyclic) bond motifs is 1. The van der Waals surface area contributed by atoms with E-state index in [1.807, 2.05) is 13.8 Å². The molecule has 2 N–H and O–H groups in total. The number of aromatic nitrogens is 1. The third-order valence-electron chi connectivity index (χ3n) is 3.27. The normalized spacial score (nSPS) is 12.4. The SMILES string of the molecule is CCC(CC)CS(=O)(=O)c1nc2cc(N)ccc2o1. The molecule has 0 fully saturated rings. The Morgan fingerprint density at radius 1 is 1.32 bits per heavy atom. The smallest absolute Gasteiger partial charge is 0.316 e. The molecule has 1 heterocycles. The molecule has 0 spiro atoms. The zero-order valence-corrected chi connectivity index (χ0v) is 11.9. The summed E-state index contributed by atoms with van der Waals surface area (Å²) in [6.07, 6.45) is 1.64. The monoisotopic (exact) mass is 282 g/mol. The molecule has 0 aliphatic heterocycles. The number of sulfone groups is 1. The Hall–Kier alpha value is -1.56. The van der Waals surface area contributed by atoms with Crippen LogP contribution in [0.15, 0.2) is 27.8 Å². The van der Waals surface area contributed by atoms with Crippen molar-refractivity contribution in [3.8, 4) is 0 Å². The van der Waals surface area contributed by atoms with Crippen molar-refractivity contribution in [3.05, 3.63) is 18.2 Å². The molecule has 2 aromatic rings. The molecule has 0 bridgehead atoms. The molecule has 0 saturated heterocycles. The molecule has 0 unspecified atom stereocenters. The number of anilines is 1. The largest absolute Gasteiger partial charge is 0.428 e. The maximum atomic E-state index is 12.2. The molecule has 2 rings (SSSR count). The van der Waals surface area contributed by atoms with Gasteiger partial charge in [0.15, 0.2) is 5.58 Å². The van der Waals surface area contributed by atoms with Crippen LogP contribution in [0.1, 0.15) is 26.7 Å². The molecule has 0 saturated carbocycles. The molecule has 1 aromatic carbocycles. The maximum absolute atomic E-state index is 12.2. The summed E-state index contributed by atoms with van der Waals surface area (Å²) < 4.78 is 29.8. The molecular formula is C13H18N2O3S. The van der Waals surface area contributed by atoms with E-state index < -0.39 is 9.84 Å². The van der Waals surface area contributed by atoms with Crippen molar-refractivity contribution in [1.29, 1.82) is 0 Å². The third-order valence-corrected chi connectivity index (χ3v) is 4.88. The molecule has 6 heteroatoms. The second-order valence-electron chi connectivity index (χ2n) is 4.67.